The van der Waals surface area contributed by atoms with Gasteiger partial charge in [-0.2, -0.15) is 0 Å². The fourth-order valence-electron chi connectivity index (χ4n) is 1.24. The maximum absolute atomic E-state index is 11.4. The van der Waals surface area contributed by atoms with Crippen LogP contribution in [0.1, 0.15) is 10.5 Å². The zero-order chi connectivity index (χ0) is 10.7. The van der Waals surface area contributed by atoms with Gasteiger partial charge in [-0.15, -0.1) is 0 Å². The third-order valence-electron chi connectivity index (χ3n) is 1.91. The van der Waals surface area contributed by atoms with Crippen molar-refractivity contribution >= 4 is 5.97 Å². The van der Waals surface area contributed by atoms with Crippen LogP contribution in [-0.4, -0.2) is 27.6 Å². The molecule has 0 saturated carbocycles. The lowest BCUT2D eigenvalue weighted by molar-refractivity contribution is 0.0593. The van der Waals surface area contributed by atoms with Crippen molar-refractivity contribution in [2.45, 2.75) is 0 Å². The lowest BCUT2D eigenvalue weighted by atomic mass is 10.4. The predicted molar refractivity (Wildman–Crippen MR) is 52.7 cm³/mol. The van der Waals surface area contributed by atoms with Gasteiger partial charge in [-0.05, 0) is 12.1 Å². The first-order chi connectivity index (χ1) is 7.33. The van der Waals surface area contributed by atoms with Gasteiger partial charge in [-0.25, -0.2) is 14.8 Å². The van der Waals surface area contributed by atoms with Crippen LogP contribution in [-0.2, 0) is 4.74 Å². The zero-order valence-electron chi connectivity index (χ0n) is 8.12. The lowest BCUT2D eigenvalue weighted by Gasteiger charge is -2.05. The minimum Gasteiger partial charge on any atom is -0.464 e. The summed E-state index contributed by atoms with van der Waals surface area (Å²) >= 11 is 0. The fourth-order valence-corrected chi connectivity index (χ4v) is 1.24. The maximum Gasteiger partial charge on any atom is 0.360 e. The van der Waals surface area contributed by atoms with Gasteiger partial charge in [-0.3, -0.25) is 0 Å². The Morgan fingerprint density at radius 3 is 2.60 bits per heavy atom. The Morgan fingerprint density at radius 1 is 1.27 bits per heavy atom. The second kappa shape index (κ2) is 3.91. The second-order valence-electron chi connectivity index (χ2n) is 2.81. The first-order valence-corrected chi connectivity index (χ1v) is 4.35. The normalized spacial score (nSPS) is 9.93. The van der Waals surface area contributed by atoms with E-state index in [1.165, 1.54) is 19.5 Å². The number of methoxy groups -OCH3 is 1. The number of carbonyl (C=O) groups is 1. The molecule has 5 nitrogen and oxygen atoms in total. The van der Waals surface area contributed by atoms with Crippen molar-refractivity contribution in [2.24, 2.45) is 0 Å². The van der Waals surface area contributed by atoms with E-state index in [2.05, 4.69) is 14.7 Å². The molecule has 2 rings (SSSR count). The van der Waals surface area contributed by atoms with E-state index in [4.69, 9.17) is 0 Å². The van der Waals surface area contributed by atoms with E-state index in [0.717, 1.165) is 0 Å². The topological polar surface area (TPSA) is 57.0 Å². The maximum atomic E-state index is 11.4. The molecule has 0 unspecified atom stereocenters. The smallest absolute Gasteiger partial charge is 0.360 e. The van der Waals surface area contributed by atoms with Crippen molar-refractivity contribution < 1.29 is 9.53 Å². The molecule has 0 aromatic carbocycles. The van der Waals surface area contributed by atoms with E-state index in [1.807, 2.05) is 12.1 Å². The second-order valence-corrected chi connectivity index (χ2v) is 2.81. The average Bonchev–Trinajstić information content (AvgIpc) is 2.81. The number of ether oxygens (including phenoxy) is 1. The van der Waals surface area contributed by atoms with Gasteiger partial charge >= 0.3 is 5.97 Å². The Bertz CT molecular complexity index is 465. The molecule has 0 radical (unpaired) electrons. The summed E-state index contributed by atoms with van der Waals surface area (Å²) in [5.74, 6) is -0.0267. The van der Waals surface area contributed by atoms with Crippen molar-refractivity contribution in [3.8, 4) is 5.82 Å². The van der Waals surface area contributed by atoms with Crippen molar-refractivity contribution in [3.63, 3.8) is 0 Å². The van der Waals surface area contributed by atoms with Crippen LogP contribution in [0.3, 0.4) is 0 Å². The minimum absolute atomic E-state index is 0.205. The summed E-state index contributed by atoms with van der Waals surface area (Å²) < 4.78 is 6.33. The van der Waals surface area contributed by atoms with Gasteiger partial charge in [0, 0.05) is 24.8 Å². The molecular weight excluding hydrogens is 194 g/mol. The van der Waals surface area contributed by atoms with Crippen molar-refractivity contribution in [1.82, 2.24) is 14.5 Å². The highest BCUT2D eigenvalue weighted by molar-refractivity contribution is 5.90. The fraction of sp³-hybridized carbons (Fsp3) is 0.100. The summed E-state index contributed by atoms with van der Waals surface area (Å²) in [5, 5.41) is 0. The Labute approximate surface area is 86.4 Å². The monoisotopic (exact) mass is 203 g/mol. The predicted octanol–water partition coefficient (Wildman–Crippen LogP) is 1.05. The number of hydrogen-bond donors (Lipinski definition) is 0. The van der Waals surface area contributed by atoms with Gasteiger partial charge in [0.05, 0.1) is 7.11 Å². The van der Waals surface area contributed by atoms with Crippen molar-refractivity contribution in [1.29, 1.82) is 0 Å². The molecule has 5 heteroatoms. The number of esters is 1. The van der Waals surface area contributed by atoms with Crippen LogP contribution >= 0.6 is 0 Å². The SMILES string of the molecule is COC(=O)c1nccnc1-n1cccc1. The van der Waals surface area contributed by atoms with Crippen molar-refractivity contribution in [2.75, 3.05) is 7.11 Å². The zero-order valence-corrected chi connectivity index (χ0v) is 8.12. The summed E-state index contributed by atoms with van der Waals surface area (Å²) in [6.07, 6.45) is 6.56. The molecule has 0 aliphatic heterocycles. The molecule has 0 aliphatic rings. The van der Waals surface area contributed by atoms with Gasteiger partial charge < -0.3 is 9.30 Å². The Balaban J connectivity index is 2.52. The van der Waals surface area contributed by atoms with Gasteiger partial charge in [-0.1, -0.05) is 0 Å². The van der Waals surface area contributed by atoms with Gasteiger partial charge in [0.15, 0.2) is 11.5 Å². The molecule has 0 aliphatic carbocycles. The largest absolute Gasteiger partial charge is 0.464 e. The molecule has 0 bridgehead atoms. The van der Waals surface area contributed by atoms with Crippen molar-refractivity contribution in [3.05, 3.63) is 42.6 Å². The molecule has 0 amide bonds. The first kappa shape index (κ1) is 9.39. The summed E-state index contributed by atoms with van der Waals surface area (Å²) in [4.78, 5) is 19.4. The summed E-state index contributed by atoms with van der Waals surface area (Å²) in [6, 6.07) is 3.69. The third kappa shape index (κ3) is 1.71. The molecule has 76 valence electrons. The van der Waals surface area contributed by atoms with E-state index < -0.39 is 5.97 Å². The number of nitrogens with zero attached hydrogens (tertiary/aromatic N) is 3. The van der Waals surface area contributed by atoms with Crippen LogP contribution in [0.25, 0.3) is 5.82 Å². The van der Waals surface area contributed by atoms with Gasteiger partial charge in [0.1, 0.15) is 0 Å². The Hall–Kier alpha value is -2.17. The molecule has 0 spiro atoms. The quantitative estimate of drug-likeness (QED) is 0.684. The standard InChI is InChI=1S/C10H9N3O2/c1-15-10(14)8-9(12-5-4-11-8)13-6-2-3-7-13/h2-7H,1H3. The Morgan fingerprint density at radius 2 is 1.93 bits per heavy atom. The molecule has 0 atom stereocenters. The van der Waals surface area contributed by atoms with Crippen LogP contribution in [0.5, 0.6) is 0 Å². The van der Waals surface area contributed by atoms with Crippen LogP contribution in [0.15, 0.2) is 36.9 Å². The molecule has 0 fully saturated rings. The molecule has 2 aromatic rings. The van der Waals surface area contributed by atoms with Crippen LogP contribution in [0.2, 0.25) is 0 Å². The minimum atomic E-state index is -0.494. The third-order valence-corrected chi connectivity index (χ3v) is 1.91. The Kier molecular flexibility index (Phi) is 2.45. The van der Waals surface area contributed by atoms with E-state index in [9.17, 15) is 4.79 Å². The highest BCUT2D eigenvalue weighted by Crippen LogP contribution is 2.09. The van der Waals surface area contributed by atoms with E-state index in [-0.39, 0.29) is 5.69 Å². The number of hydrogen-bond acceptors (Lipinski definition) is 4. The molecule has 0 saturated heterocycles. The molecule has 0 N–H and O–H groups in total. The van der Waals surface area contributed by atoms with Crippen LogP contribution in [0, 0.1) is 0 Å². The molecule has 15 heavy (non-hydrogen) atoms. The molecule has 2 heterocycles. The van der Waals surface area contributed by atoms with Crippen LogP contribution in [0.4, 0.5) is 0 Å². The highest BCUT2D eigenvalue weighted by atomic mass is 16.5. The number of rotatable bonds is 2. The first-order valence-electron chi connectivity index (χ1n) is 4.35. The lowest BCUT2D eigenvalue weighted by Crippen LogP contribution is -2.10. The summed E-state index contributed by atoms with van der Waals surface area (Å²) in [6.45, 7) is 0. The molecule has 2 aromatic heterocycles. The highest BCUT2D eigenvalue weighted by Gasteiger charge is 2.14. The van der Waals surface area contributed by atoms with Gasteiger partial charge in [0.2, 0.25) is 0 Å². The van der Waals surface area contributed by atoms with Gasteiger partial charge in [0.25, 0.3) is 0 Å². The summed E-state index contributed by atoms with van der Waals surface area (Å²) in [5.41, 5.74) is 0.205. The number of aromatic nitrogens is 3. The molecular formula is C10H9N3O2. The van der Waals surface area contributed by atoms with E-state index in [1.54, 1.807) is 17.0 Å². The summed E-state index contributed by atoms with van der Waals surface area (Å²) in [7, 11) is 1.32. The van der Waals surface area contributed by atoms with Crippen LogP contribution < -0.4 is 0 Å². The van der Waals surface area contributed by atoms with E-state index >= 15 is 0 Å². The number of carbonyl (C=O) groups excluding carboxylic acids is 1. The average molecular weight is 203 g/mol. The van der Waals surface area contributed by atoms with E-state index in [0.29, 0.717) is 5.82 Å².